The molecule has 0 bridgehead atoms. The van der Waals surface area contributed by atoms with Crippen LogP contribution in [0.5, 0.6) is 0 Å². The average Bonchev–Trinajstić information content (AvgIpc) is 2.72. The first-order valence-corrected chi connectivity index (χ1v) is 10.7. The summed E-state index contributed by atoms with van der Waals surface area (Å²) in [6.07, 6.45) is 3.01. The first-order valence-electron chi connectivity index (χ1n) is 10.7. The Labute approximate surface area is 202 Å². The van der Waals surface area contributed by atoms with E-state index in [0.717, 1.165) is 44.9 Å². The van der Waals surface area contributed by atoms with Crippen molar-refractivity contribution < 1.29 is 18.3 Å². The Balaban J connectivity index is 0.00000480. The van der Waals surface area contributed by atoms with E-state index in [-0.39, 0.29) is 42.2 Å². The predicted molar refractivity (Wildman–Crippen MR) is 131 cm³/mol. The Morgan fingerprint density at radius 1 is 1.23 bits per heavy atom. The van der Waals surface area contributed by atoms with Gasteiger partial charge in [0.2, 0.25) is 0 Å². The van der Waals surface area contributed by atoms with Gasteiger partial charge in [0, 0.05) is 45.5 Å². The number of ether oxygens (including phenoxy) is 2. The highest BCUT2D eigenvalue weighted by atomic mass is 127. The summed E-state index contributed by atoms with van der Waals surface area (Å²) in [5, 5.41) is 3.31. The summed E-state index contributed by atoms with van der Waals surface area (Å²) < 4.78 is 39.6. The van der Waals surface area contributed by atoms with Crippen LogP contribution in [0, 0.1) is 11.6 Å². The van der Waals surface area contributed by atoms with Crippen molar-refractivity contribution in [3.63, 3.8) is 0 Å². The number of rotatable bonds is 10. The van der Waals surface area contributed by atoms with Crippen LogP contribution >= 0.6 is 24.0 Å². The number of aliphatic imine (C=N–C) groups is 1. The van der Waals surface area contributed by atoms with Crippen LogP contribution < -0.4 is 5.32 Å². The third-order valence-corrected chi connectivity index (χ3v) is 5.29. The third kappa shape index (κ3) is 8.78. The summed E-state index contributed by atoms with van der Waals surface area (Å²) in [5.41, 5.74) is 0.0604. The van der Waals surface area contributed by atoms with E-state index in [1.807, 2.05) is 21.0 Å². The van der Waals surface area contributed by atoms with Gasteiger partial charge in [0.05, 0.1) is 18.7 Å². The quantitative estimate of drug-likeness (QED) is 0.207. The fourth-order valence-corrected chi connectivity index (χ4v) is 3.63. The molecule has 0 aliphatic carbocycles. The highest BCUT2D eigenvalue weighted by Gasteiger charge is 2.24. The summed E-state index contributed by atoms with van der Waals surface area (Å²) >= 11 is 0. The van der Waals surface area contributed by atoms with E-state index in [2.05, 4.69) is 10.2 Å². The molecule has 0 saturated carbocycles. The van der Waals surface area contributed by atoms with E-state index in [1.165, 1.54) is 18.2 Å². The lowest BCUT2D eigenvalue weighted by molar-refractivity contribution is 0.00989. The number of piperidine rings is 1. The zero-order valence-corrected chi connectivity index (χ0v) is 21.4. The van der Waals surface area contributed by atoms with Gasteiger partial charge in [0.1, 0.15) is 11.6 Å². The highest BCUT2D eigenvalue weighted by molar-refractivity contribution is 14.0. The molecule has 1 N–H and O–H groups in total. The molecule has 6 nitrogen and oxygen atoms in total. The first-order chi connectivity index (χ1) is 14.5. The van der Waals surface area contributed by atoms with E-state index in [9.17, 15) is 8.78 Å². The number of nitrogens with one attached hydrogen (secondary N) is 1. The Morgan fingerprint density at radius 3 is 2.42 bits per heavy atom. The van der Waals surface area contributed by atoms with Gasteiger partial charge < -0.3 is 24.6 Å². The van der Waals surface area contributed by atoms with Crippen molar-refractivity contribution in [2.45, 2.75) is 38.3 Å². The molecule has 1 aliphatic rings. The van der Waals surface area contributed by atoms with Gasteiger partial charge in [-0.3, -0.25) is 4.99 Å². The molecule has 2 rings (SSSR count). The lowest BCUT2D eigenvalue weighted by Crippen LogP contribution is -2.47. The zero-order chi connectivity index (χ0) is 21.9. The normalized spacial score (nSPS) is 16.4. The van der Waals surface area contributed by atoms with E-state index in [0.29, 0.717) is 13.2 Å². The van der Waals surface area contributed by atoms with Gasteiger partial charge in [-0.15, -0.1) is 24.0 Å². The highest BCUT2D eigenvalue weighted by Crippen LogP contribution is 2.25. The number of likely N-dealkylation sites (N-methyl/N-ethyl adjacent to an activating group) is 1. The molecule has 178 valence electrons. The summed E-state index contributed by atoms with van der Waals surface area (Å²) in [6.45, 7) is 6.11. The molecule has 0 radical (unpaired) electrons. The number of methoxy groups -OCH3 is 1. The minimum absolute atomic E-state index is 0. The number of benzene rings is 1. The van der Waals surface area contributed by atoms with Gasteiger partial charge in [-0.1, -0.05) is 6.07 Å². The van der Waals surface area contributed by atoms with Crippen LogP contribution in [0.3, 0.4) is 0 Å². The Bertz CT molecular complexity index is 651. The Hall–Kier alpha value is -1.04. The molecule has 1 heterocycles. The molecule has 31 heavy (non-hydrogen) atoms. The average molecular weight is 554 g/mol. The fourth-order valence-electron chi connectivity index (χ4n) is 3.63. The maximum atomic E-state index is 14.3. The van der Waals surface area contributed by atoms with Crippen molar-refractivity contribution in [1.82, 2.24) is 15.1 Å². The number of nitrogens with zero attached hydrogens (tertiary/aromatic N) is 3. The monoisotopic (exact) mass is 554 g/mol. The molecule has 1 saturated heterocycles. The van der Waals surface area contributed by atoms with Gasteiger partial charge in [-0.2, -0.15) is 0 Å². The van der Waals surface area contributed by atoms with E-state index in [1.54, 1.807) is 12.0 Å². The number of likely N-dealkylation sites (tertiary alicyclic amines) is 1. The van der Waals surface area contributed by atoms with Crippen LogP contribution in [0.15, 0.2) is 23.2 Å². The fraction of sp³-hybridized carbons (Fsp3) is 0.682. The molecular formula is C22H37F2IN4O2. The molecule has 0 amide bonds. The zero-order valence-electron chi connectivity index (χ0n) is 19.1. The first kappa shape index (κ1) is 28.0. The van der Waals surface area contributed by atoms with Crippen molar-refractivity contribution in [1.29, 1.82) is 0 Å². The third-order valence-electron chi connectivity index (χ3n) is 5.29. The van der Waals surface area contributed by atoms with Crippen LogP contribution in [-0.2, 0) is 9.47 Å². The van der Waals surface area contributed by atoms with Crippen molar-refractivity contribution in [3.05, 3.63) is 35.4 Å². The molecule has 9 heteroatoms. The largest absolute Gasteiger partial charge is 0.385 e. The number of hydrogen-bond donors (Lipinski definition) is 1. The molecular weight excluding hydrogens is 517 g/mol. The molecule has 1 aromatic rings. The topological polar surface area (TPSA) is 49.3 Å². The second-order valence-corrected chi connectivity index (χ2v) is 7.71. The molecule has 1 unspecified atom stereocenters. The lowest BCUT2D eigenvalue weighted by atomic mass is 10.0. The minimum Gasteiger partial charge on any atom is -0.385 e. The van der Waals surface area contributed by atoms with Crippen molar-refractivity contribution in [2.24, 2.45) is 4.99 Å². The van der Waals surface area contributed by atoms with E-state index < -0.39 is 17.7 Å². The second kappa shape index (κ2) is 14.9. The van der Waals surface area contributed by atoms with E-state index >= 15 is 0 Å². The Morgan fingerprint density at radius 2 is 1.87 bits per heavy atom. The Kier molecular flexibility index (Phi) is 13.5. The molecule has 1 atom stereocenters. The standard InChI is InChI=1S/C22H36F2N4O2.HI/c1-5-25-22(28-12-10-17(11-13-28)30-15-7-14-29-4)26-16-20(27(2)3)21-18(23)8-6-9-19(21)24;/h6,8-9,17,20H,5,7,10-16H2,1-4H3,(H,25,26);1H. The van der Waals surface area contributed by atoms with Crippen molar-refractivity contribution in [3.8, 4) is 0 Å². The molecule has 0 aromatic heterocycles. The van der Waals surface area contributed by atoms with Gasteiger partial charge in [0.25, 0.3) is 0 Å². The van der Waals surface area contributed by atoms with Crippen LogP contribution in [0.1, 0.15) is 37.8 Å². The van der Waals surface area contributed by atoms with Crippen LogP contribution in [-0.4, -0.2) is 82.5 Å². The summed E-state index contributed by atoms with van der Waals surface area (Å²) in [6, 6.07) is 3.49. The maximum Gasteiger partial charge on any atom is 0.193 e. The van der Waals surface area contributed by atoms with Crippen molar-refractivity contribution in [2.75, 3.05) is 60.6 Å². The summed E-state index contributed by atoms with van der Waals surface area (Å²) in [5.74, 6) is -0.306. The summed E-state index contributed by atoms with van der Waals surface area (Å²) in [4.78, 5) is 8.73. The summed E-state index contributed by atoms with van der Waals surface area (Å²) in [7, 11) is 5.32. The van der Waals surface area contributed by atoms with E-state index in [4.69, 9.17) is 14.5 Å². The van der Waals surface area contributed by atoms with Crippen LogP contribution in [0.25, 0.3) is 0 Å². The predicted octanol–water partition coefficient (Wildman–Crippen LogP) is 3.67. The molecule has 1 fully saturated rings. The SMILES string of the molecule is CCNC(=NCC(c1c(F)cccc1F)N(C)C)N1CCC(OCCCOC)CC1.I. The smallest absolute Gasteiger partial charge is 0.193 e. The number of halogens is 3. The maximum absolute atomic E-state index is 14.3. The van der Waals surface area contributed by atoms with Crippen LogP contribution in [0.4, 0.5) is 8.78 Å². The molecule has 1 aromatic carbocycles. The van der Waals surface area contributed by atoms with Crippen LogP contribution in [0.2, 0.25) is 0 Å². The number of guanidine groups is 1. The minimum atomic E-state index is -0.541. The molecule has 0 spiro atoms. The van der Waals surface area contributed by atoms with Gasteiger partial charge >= 0.3 is 0 Å². The number of hydrogen-bond acceptors (Lipinski definition) is 4. The van der Waals surface area contributed by atoms with Crippen molar-refractivity contribution >= 4 is 29.9 Å². The van der Waals surface area contributed by atoms with Gasteiger partial charge in [-0.25, -0.2) is 8.78 Å². The second-order valence-electron chi connectivity index (χ2n) is 7.71. The van der Waals surface area contributed by atoms with Gasteiger partial charge in [0.15, 0.2) is 5.96 Å². The van der Waals surface area contributed by atoms with Gasteiger partial charge in [-0.05, 0) is 52.4 Å². The lowest BCUT2D eigenvalue weighted by Gasteiger charge is -2.34. The molecule has 1 aliphatic heterocycles.